The summed E-state index contributed by atoms with van der Waals surface area (Å²) in [5, 5.41) is 9.29. The summed E-state index contributed by atoms with van der Waals surface area (Å²) in [5.74, 6) is 1.60. The van der Waals surface area contributed by atoms with Crippen molar-refractivity contribution in [2.24, 2.45) is 10.9 Å². The third kappa shape index (κ3) is 7.97. The molecule has 1 aromatic heterocycles. The molecule has 1 saturated heterocycles. The van der Waals surface area contributed by atoms with E-state index in [9.17, 15) is 0 Å². The molecule has 1 unspecified atom stereocenters. The Hall–Kier alpha value is -0.420. The van der Waals surface area contributed by atoms with Crippen molar-refractivity contribution in [3.8, 4) is 0 Å². The first-order valence-corrected chi connectivity index (χ1v) is 11.6. The van der Waals surface area contributed by atoms with Crippen LogP contribution < -0.4 is 10.6 Å². The maximum Gasteiger partial charge on any atom is 0.191 e. The Morgan fingerprint density at radius 3 is 2.76 bits per heavy atom. The molecule has 1 aromatic rings. The average molecular weight is 536 g/mol. The fraction of sp³-hybridized carbons (Fsp3) is 0.762. The minimum atomic E-state index is 0. The maximum atomic E-state index is 5.53. The van der Waals surface area contributed by atoms with E-state index in [-0.39, 0.29) is 24.0 Å². The molecule has 0 aliphatic carbocycles. The van der Waals surface area contributed by atoms with Crippen molar-refractivity contribution in [3.05, 3.63) is 21.9 Å². The van der Waals surface area contributed by atoms with Gasteiger partial charge in [-0.3, -0.25) is 14.8 Å². The third-order valence-electron chi connectivity index (χ3n) is 5.64. The van der Waals surface area contributed by atoms with Gasteiger partial charge in [-0.2, -0.15) is 0 Å². The van der Waals surface area contributed by atoms with Crippen LogP contribution in [-0.4, -0.2) is 81.3 Å². The van der Waals surface area contributed by atoms with Gasteiger partial charge in [-0.15, -0.1) is 35.3 Å². The number of morpholine rings is 1. The number of aliphatic imine (C=N–C) groups is 1. The molecule has 0 bridgehead atoms. The lowest BCUT2D eigenvalue weighted by Gasteiger charge is -2.35. The number of nitrogens with one attached hydrogen (secondary N) is 2. The van der Waals surface area contributed by atoms with E-state index in [1.54, 1.807) is 4.88 Å². The third-order valence-corrected chi connectivity index (χ3v) is 6.66. The number of thiophene rings is 1. The molecule has 0 radical (unpaired) electrons. The van der Waals surface area contributed by atoms with Gasteiger partial charge in [0.05, 0.1) is 13.2 Å². The number of hydrogen-bond acceptors (Lipinski definition) is 5. The highest BCUT2D eigenvalue weighted by molar-refractivity contribution is 14.0. The summed E-state index contributed by atoms with van der Waals surface area (Å²) < 4.78 is 5.53. The Labute approximate surface area is 197 Å². The number of guanidine groups is 1. The maximum absolute atomic E-state index is 5.53. The summed E-state index contributed by atoms with van der Waals surface area (Å²) >= 11 is 1.90. The molecular formula is C21H38IN5OS. The molecule has 166 valence electrons. The van der Waals surface area contributed by atoms with Gasteiger partial charge < -0.3 is 15.4 Å². The normalized spacial score (nSPS) is 19.5. The van der Waals surface area contributed by atoms with Gasteiger partial charge in [-0.05, 0) is 35.8 Å². The SMILES string of the molecule is CN=C(NCCN1CCc2sccc2C1)NCC(CC(C)C)N1CCOCC1.I. The highest BCUT2D eigenvalue weighted by Crippen LogP contribution is 2.23. The van der Waals surface area contributed by atoms with Crippen molar-refractivity contribution >= 4 is 41.3 Å². The lowest BCUT2D eigenvalue weighted by molar-refractivity contribution is 0.0132. The molecule has 8 heteroatoms. The van der Waals surface area contributed by atoms with Gasteiger partial charge in [0.2, 0.25) is 0 Å². The number of fused-ring (bicyclic) bond motifs is 1. The Bertz CT molecular complexity index is 618. The molecule has 1 atom stereocenters. The molecule has 29 heavy (non-hydrogen) atoms. The summed E-state index contributed by atoms with van der Waals surface area (Å²) in [6.07, 6.45) is 2.39. The summed E-state index contributed by atoms with van der Waals surface area (Å²) in [4.78, 5) is 11.1. The van der Waals surface area contributed by atoms with Gasteiger partial charge >= 0.3 is 0 Å². The molecule has 3 rings (SSSR count). The molecule has 1 fully saturated rings. The summed E-state index contributed by atoms with van der Waals surface area (Å²) in [7, 11) is 1.86. The van der Waals surface area contributed by atoms with Gasteiger partial charge in [-0.1, -0.05) is 13.8 Å². The standard InChI is InChI=1S/C21H37N5OS.HI/c1-17(2)14-19(26-9-11-27-12-10-26)15-24-21(22-3)23-6-8-25-7-4-20-18(16-25)5-13-28-20;/h5,13,17,19H,4,6-12,14-16H2,1-3H3,(H2,22,23,24);1H. The molecule has 3 heterocycles. The van der Waals surface area contributed by atoms with Crippen molar-refractivity contribution in [1.29, 1.82) is 0 Å². The largest absolute Gasteiger partial charge is 0.379 e. The van der Waals surface area contributed by atoms with Crippen LogP contribution in [-0.2, 0) is 17.7 Å². The highest BCUT2D eigenvalue weighted by Gasteiger charge is 2.22. The van der Waals surface area contributed by atoms with Gasteiger partial charge in [0.15, 0.2) is 5.96 Å². The lowest BCUT2D eigenvalue weighted by Crippen LogP contribution is -2.51. The lowest BCUT2D eigenvalue weighted by atomic mass is 10.0. The second kappa shape index (κ2) is 13.1. The number of ether oxygens (including phenoxy) is 1. The smallest absolute Gasteiger partial charge is 0.191 e. The van der Waals surface area contributed by atoms with E-state index in [0.717, 1.165) is 65.0 Å². The van der Waals surface area contributed by atoms with E-state index in [1.165, 1.54) is 18.4 Å². The molecule has 6 nitrogen and oxygen atoms in total. The summed E-state index contributed by atoms with van der Waals surface area (Å²) in [6, 6.07) is 2.81. The molecule has 0 spiro atoms. The van der Waals surface area contributed by atoms with Crippen molar-refractivity contribution in [3.63, 3.8) is 0 Å². The molecule has 0 amide bonds. The van der Waals surface area contributed by atoms with Crippen LogP contribution >= 0.6 is 35.3 Å². The van der Waals surface area contributed by atoms with E-state index < -0.39 is 0 Å². The van der Waals surface area contributed by atoms with Crippen LogP contribution in [0.2, 0.25) is 0 Å². The highest BCUT2D eigenvalue weighted by atomic mass is 127. The van der Waals surface area contributed by atoms with Crippen molar-refractivity contribution in [2.45, 2.75) is 39.3 Å². The van der Waals surface area contributed by atoms with Crippen LogP contribution in [0.1, 0.15) is 30.7 Å². The fourth-order valence-corrected chi connectivity index (χ4v) is 5.00. The first-order chi connectivity index (χ1) is 13.7. The monoisotopic (exact) mass is 535 g/mol. The van der Waals surface area contributed by atoms with Gasteiger partial charge in [0.25, 0.3) is 0 Å². The number of nitrogens with zero attached hydrogens (tertiary/aromatic N) is 3. The molecular weight excluding hydrogens is 497 g/mol. The van der Waals surface area contributed by atoms with E-state index in [0.29, 0.717) is 12.0 Å². The number of halogens is 1. The van der Waals surface area contributed by atoms with Crippen molar-refractivity contribution < 1.29 is 4.74 Å². The van der Waals surface area contributed by atoms with E-state index in [2.05, 4.69) is 50.7 Å². The topological polar surface area (TPSA) is 52.1 Å². The quantitative estimate of drug-likeness (QED) is 0.305. The zero-order chi connectivity index (χ0) is 19.8. The molecule has 2 aliphatic heterocycles. The van der Waals surface area contributed by atoms with E-state index in [1.807, 2.05) is 18.4 Å². The number of rotatable bonds is 8. The van der Waals surface area contributed by atoms with Crippen molar-refractivity contribution in [1.82, 2.24) is 20.4 Å². The zero-order valence-corrected chi connectivity index (χ0v) is 21.3. The summed E-state index contributed by atoms with van der Waals surface area (Å²) in [5.41, 5.74) is 1.51. The molecule has 2 N–H and O–H groups in total. The summed E-state index contributed by atoms with van der Waals surface area (Å²) in [6.45, 7) is 13.5. The predicted molar refractivity (Wildman–Crippen MR) is 134 cm³/mol. The Balaban J connectivity index is 0.00000300. The first kappa shape index (κ1) is 24.8. The van der Waals surface area contributed by atoms with Gasteiger partial charge in [0, 0.05) is 63.8 Å². The minimum absolute atomic E-state index is 0. The first-order valence-electron chi connectivity index (χ1n) is 10.7. The molecule has 0 aromatic carbocycles. The van der Waals surface area contributed by atoms with E-state index in [4.69, 9.17) is 4.74 Å². The van der Waals surface area contributed by atoms with Crippen LogP contribution in [0.25, 0.3) is 0 Å². The average Bonchev–Trinajstić information content (AvgIpc) is 3.17. The fourth-order valence-electron chi connectivity index (χ4n) is 4.11. The molecule has 2 aliphatic rings. The Morgan fingerprint density at radius 2 is 2.03 bits per heavy atom. The van der Waals surface area contributed by atoms with Crippen LogP contribution in [0.3, 0.4) is 0 Å². The Morgan fingerprint density at radius 1 is 1.24 bits per heavy atom. The van der Waals surface area contributed by atoms with Crippen LogP contribution in [0.5, 0.6) is 0 Å². The zero-order valence-electron chi connectivity index (χ0n) is 18.2. The van der Waals surface area contributed by atoms with Gasteiger partial charge in [0.1, 0.15) is 0 Å². The second-order valence-electron chi connectivity index (χ2n) is 8.21. The van der Waals surface area contributed by atoms with Crippen LogP contribution in [0.4, 0.5) is 0 Å². The predicted octanol–water partition coefficient (Wildman–Crippen LogP) is 2.64. The van der Waals surface area contributed by atoms with Crippen LogP contribution in [0, 0.1) is 5.92 Å². The molecule has 0 saturated carbocycles. The Kier molecular flexibility index (Phi) is 11.2. The van der Waals surface area contributed by atoms with Crippen LogP contribution in [0.15, 0.2) is 16.4 Å². The minimum Gasteiger partial charge on any atom is -0.379 e. The second-order valence-corrected chi connectivity index (χ2v) is 9.21. The number of hydrogen-bond donors (Lipinski definition) is 2. The van der Waals surface area contributed by atoms with E-state index >= 15 is 0 Å². The van der Waals surface area contributed by atoms with Gasteiger partial charge in [-0.25, -0.2) is 0 Å². The van der Waals surface area contributed by atoms with Crippen molar-refractivity contribution in [2.75, 3.05) is 59.5 Å².